The Morgan fingerprint density at radius 2 is 1.87 bits per heavy atom. The summed E-state index contributed by atoms with van der Waals surface area (Å²) in [6.07, 6.45) is 0. The van der Waals surface area contributed by atoms with Crippen LogP contribution in [0.25, 0.3) is 5.52 Å². The first-order valence-electron chi connectivity index (χ1n) is 5.34. The maximum atomic E-state index is 4.48. The molecule has 0 atom stereocenters. The zero-order valence-corrected chi connectivity index (χ0v) is 10.00. The molecular formula is C12H17N3. The van der Waals surface area contributed by atoms with Gasteiger partial charge in [0.05, 0.1) is 11.2 Å². The number of hydrogen-bond acceptors (Lipinski definition) is 2. The second-order valence-corrected chi connectivity index (χ2v) is 4.41. The molecule has 15 heavy (non-hydrogen) atoms. The fourth-order valence-electron chi connectivity index (χ4n) is 2.17. The minimum atomic E-state index is 0.487. The monoisotopic (exact) mass is 203 g/mol. The number of nitrogens with zero attached hydrogens (tertiary/aromatic N) is 3. The zero-order chi connectivity index (χ0) is 11.2. The highest BCUT2D eigenvalue weighted by Gasteiger charge is 2.13. The minimum Gasteiger partial charge on any atom is -0.234 e. The predicted molar refractivity (Wildman–Crippen MR) is 61.3 cm³/mol. The molecule has 0 fully saturated rings. The normalized spacial score (nSPS) is 11.6. The van der Waals surface area contributed by atoms with Crippen LogP contribution in [0.1, 0.15) is 42.5 Å². The second kappa shape index (κ2) is 3.33. The van der Waals surface area contributed by atoms with Gasteiger partial charge in [-0.1, -0.05) is 13.8 Å². The Kier molecular flexibility index (Phi) is 2.25. The van der Waals surface area contributed by atoms with Gasteiger partial charge in [0.2, 0.25) is 0 Å². The molecule has 3 nitrogen and oxygen atoms in total. The molecule has 0 aliphatic carbocycles. The maximum Gasteiger partial charge on any atom is 0.146 e. The fraction of sp³-hybridized carbons (Fsp3) is 0.500. The topological polar surface area (TPSA) is 30.2 Å². The smallest absolute Gasteiger partial charge is 0.146 e. The Morgan fingerprint density at radius 1 is 1.20 bits per heavy atom. The van der Waals surface area contributed by atoms with Crippen LogP contribution in [0.5, 0.6) is 0 Å². The maximum absolute atomic E-state index is 4.48. The molecule has 0 aliphatic heterocycles. The van der Waals surface area contributed by atoms with Crippen molar-refractivity contribution in [3.8, 4) is 0 Å². The zero-order valence-electron chi connectivity index (χ0n) is 10.00. The number of fused-ring (bicyclic) bond motifs is 1. The standard InChI is InChI=1S/C12H17N3/c1-7(2)12-8(3)6-11-9(4)13-10(5)14-15(11)12/h6-7H,1-5H3. The van der Waals surface area contributed by atoms with Crippen molar-refractivity contribution in [3.63, 3.8) is 0 Å². The van der Waals surface area contributed by atoms with E-state index in [1.54, 1.807) is 0 Å². The average Bonchev–Trinajstić information content (AvgIpc) is 2.41. The van der Waals surface area contributed by atoms with Crippen LogP contribution in [0.3, 0.4) is 0 Å². The SMILES string of the molecule is Cc1nc(C)c2cc(C)c(C(C)C)n2n1. The molecule has 0 saturated carbocycles. The number of aryl methyl sites for hydroxylation is 3. The van der Waals surface area contributed by atoms with Crippen molar-refractivity contribution in [3.05, 3.63) is 28.8 Å². The first-order chi connectivity index (χ1) is 7.00. The van der Waals surface area contributed by atoms with Crippen LogP contribution in [0.2, 0.25) is 0 Å². The van der Waals surface area contributed by atoms with E-state index in [9.17, 15) is 0 Å². The summed E-state index contributed by atoms with van der Waals surface area (Å²) in [5.41, 5.74) is 4.77. The van der Waals surface area contributed by atoms with E-state index in [0.29, 0.717) is 5.92 Å². The highest BCUT2D eigenvalue weighted by Crippen LogP contribution is 2.23. The molecule has 2 aromatic rings. The third kappa shape index (κ3) is 1.52. The molecule has 3 heteroatoms. The van der Waals surface area contributed by atoms with Crippen LogP contribution in [-0.2, 0) is 0 Å². The van der Waals surface area contributed by atoms with Crippen molar-refractivity contribution in [1.29, 1.82) is 0 Å². The number of hydrogen-bond donors (Lipinski definition) is 0. The van der Waals surface area contributed by atoms with Crippen LogP contribution in [-0.4, -0.2) is 14.6 Å². The van der Waals surface area contributed by atoms with Gasteiger partial charge in [0.25, 0.3) is 0 Å². The minimum absolute atomic E-state index is 0.487. The molecule has 0 spiro atoms. The van der Waals surface area contributed by atoms with Gasteiger partial charge in [0.15, 0.2) is 0 Å². The summed E-state index contributed by atoms with van der Waals surface area (Å²) in [5.74, 6) is 1.32. The summed E-state index contributed by atoms with van der Waals surface area (Å²) < 4.78 is 2.04. The second-order valence-electron chi connectivity index (χ2n) is 4.41. The molecule has 2 heterocycles. The van der Waals surface area contributed by atoms with E-state index >= 15 is 0 Å². The Bertz CT molecular complexity index is 509. The molecule has 0 saturated heterocycles. The molecule has 2 aromatic heterocycles. The van der Waals surface area contributed by atoms with Crippen LogP contribution < -0.4 is 0 Å². The highest BCUT2D eigenvalue weighted by molar-refractivity contribution is 5.56. The third-order valence-electron chi connectivity index (χ3n) is 2.71. The third-order valence-corrected chi connectivity index (χ3v) is 2.71. The number of rotatable bonds is 1. The first kappa shape index (κ1) is 10.1. The molecule has 0 N–H and O–H groups in total. The van der Waals surface area contributed by atoms with Gasteiger partial charge in [0, 0.05) is 5.69 Å². The van der Waals surface area contributed by atoms with E-state index in [4.69, 9.17) is 0 Å². The lowest BCUT2D eigenvalue weighted by Gasteiger charge is -2.08. The van der Waals surface area contributed by atoms with Crippen LogP contribution >= 0.6 is 0 Å². The van der Waals surface area contributed by atoms with Crippen LogP contribution in [0.4, 0.5) is 0 Å². The molecule has 0 aromatic carbocycles. The van der Waals surface area contributed by atoms with Gasteiger partial charge >= 0.3 is 0 Å². The number of aromatic nitrogens is 3. The van der Waals surface area contributed by atoms with Gasteiger partial charge in [-0.25, -0.2) is 9.50 Å². The van der Waals surface area contributed by atoms with Crippen molar-refractivity contribution in [2.45, 2.75) is 40.5 Å². The summed E-state index contributed by atoms with van der Waals surface area (Å²) in [6, 6.07) is 2.17. The Hall–Kier alpha value is -1.38. The van der Waals surface area contributed by atoms with Crippen molar-refractivity contribution in [1.82, 2.24) is 14.6 Å². The van der Waals surface area contributed by atoms with Gasteiger partial charge in [0.1, 0.15) is 5.82 Å². The summed E-state index contributed by atoms with van der Waals surface area (Å²) in [4.78, 5) is 4.38. The van der Waals surface area contributed by atoms with Crippen molar-refractivity contribution in [2.75, 3.05) is 0 Å². The molecule has 0 radical (unpaired) electrons. The summed E-state index contributed by atoms with van der Waals surface area (Å²) in [5, 5.41) is 4.48. The molecule has 0 amide bonds. The van der Waals surface area contributed by atoms with Crippen molar-refractivity contribution in [2.24, 2.45) is 0 Å². The quantitative estimate of drug-likeness (QED) is 0.713. The molecular weight excluding hydrogens is 186 g/mol. The predicted octanol–water partition coefficient (Wildman–Crippen LogP) is 2.78. The van der Waals surface area contributed by atoms with E-state index < -0.39 is 0 Å². The van der Waals surface area contributed by atoms with E-state index in [1.165, 1.54) is 11.3 Å². The largest absolute Gasteiger partial charge is 0.234 e. The van der Waals surface area contributed by atoms with E-state index in [1.807, 2.05) is 18.4 Å². The molecule has 0 bridgehead atoms. The summed E-state index contributed by atoms with van der Waals surface area (Å²) in [7, 11) is 0. The van der Waals surface area contributed by atoms with Gasteiger partial charge < -0.3 is 0 Å². The average molecular weight is 203 g/mol. The summed E-state index contributed by atoms with van der Waals surface area (Å²) in [6.45, 7) is 10.5. The van der Waals surface area contributed by atoms with Crippen molar-refractivity contribution >= 4 is 5.52 Å². The molecule has 80 valence electrons. The molecule has 0 unspecified atom stereocenters. The lowest BCUT2D eigenvalue weighted by atomic mass is 10.1. The lowest BCUT2D eigenvalue weighted by Crippen LogP contribution is -2.05. The van der Waals surface area contributed by atoms with Gasteiger partial charge in [-0.15, -0.1) is 0 Å². The highest BCUT2D eigenvalue weighted by atomic mass is 15.3. The van der Waals surface area contributed by atoms with E-state index in [0.717, 1.165) is 17.0 Å². The van der Waals surface area contributed by atoms with Gasteiger partial charge in [-0.3, -0.25) is 0 Å². The first-order valence-corrected chi connectivity index (χ1v) is 5.34. The molecule has 0 aliphatic rings. The summed E-state index contributed by atoms with van der Waals surface area (Å²) >= 11 is 0. The Labute approximate surface area is 90.1 Å². The van der Waals surface area contributed by atoms with Crippen molar-refractivity contribution < 1.29 is 0 Å². The van der Waals surface area contributed by atoms with Gasteiger partial charge in [-0.05, 0) is 38.3 Å². The van der Waals surface area contributed by atoms with Crippen LogP contribution in [0, 0.1) is 20.8 Å². The lowest BCUT2D eigenvalue weighted by molar-refractivity contribution is 0.728. The molecule has 2 rings (SSSR count). The fourth-order valence-corrected chi connectivity index (χ4v) is 2.17. The Morgan fingerprint density at radius 3 is 2.47 bits per heavy atom. The van der Waals surface area contributed by atoms with Gasteiger partial charge in [-0.2, -0.15) is 5.10 Å². The Balaban J connectivity index is 2.86. The van der Waals surface area contributed by atoms with Crippen LogP contribution in [0.15, 0.2) is 6.07 Å². The van der Waals surface area contributed by atoms with E-state index in [2.05, 4.69) is 36.9 Å². The van der Waals surface area contributed by atoms with E-state index in [-0.39, 0.29) is 0 Å².